The summed E-state index contributed by atoms with van der Waals surface area (Å²) < 4.78 is 0. The summed E-state index contributed by atoms with van der Waals surface area (Å²) >= 11 is 0. The summed E-state index contributed by atoms with van der Waals surface area (Å²) in [6.07, 6.45) is 2.68. The van der Waals surface area contributed by atoms with Crippen LogP contribution < -0.4 is 5.73 Å². The zero-order chi connectivity index (χ0) is 10.7. The van der Waals surface area contributed by atoms with Gasteiger partial charge in [0.2, 0.25) is 0 Å². The van der Waals surface area contributed by atoms with E-state index >= 15 is 0 Å². The van der Waals surface area contributed by atoms with Gasteiger partial charge in [0.05, 0.1) is 0 Å². The average molecular weight is 204 g/mol. The zero-order valence-corrected chi connectivity index (χ0v) is 9.45. The SMILES string of the molecule is CC1CCN(Cc2ccc(N)cc2)CC1. The number of benzene rings is 1. The van der Waals surface area contributed by atoms with E-state index in [0.29, 0.717) is 0 Å². The molecule has 2 N–H and O–H groups in total. The van der Waals surface area contributed by atoms with Crippen molar-refractivity contribution < 1.29 is 0 Å². The fraction of sp³-hybridized carbons (Fsp3) is 0.538. The number of hydrogen-bond acceptors (Lipinski definition) is 2. The van der Waals surface area contributed by atoms with Crippen molar-refractivity contribution in [3.63, 3.8) is 0 Å². The van der Waals surface area contributed by atoms with Gasteiger partial charge < -0.3 is 5.73 Å². The lowest BCUT2D eigenvalue weighted by molar-refractivity contribution is 0.185. The molecule has 0 amide bonds. The fourth-order valence-corrected chi connectivity index (χ4v) is 2.10. The van der Waals surface area contributed by atoms with Crippen LogP contribution in [0.3, 0.4) is 0 Å². The van der Waals surface area contributed by atoms with Crippen molar-refractivity contribution in [1.82, 2.24) is 4.90 Å². The molecule has 2 rings (SSSR count). The Hall–Kier alpha value is -1.02. The van der Waals surface area contributed by atoms with Crippen LogP contribution >= 0.6 is 0 Å². The second-order valence-electron chi connectivity index (χ2n) is 4.70. The molecule has 0 saturated carbocycles. The normalized spacial score (nSPS) is 19.3. The van der Waals surface area contributed by atoms with Crippen molar-refractivity contribution >= 4 is 5.69 Å². The predicted molar refractivity (Wildman–Crippen MR) is 64.5 cm³/mol. The Morgan fingerprint density at radius 1 is 1.20 bits per heavy atom. The summed E-state index contributed by atoms with van der Waals surface area (Å²) in [7, 11) is 0. The van der Waals surface area contributed by atoms with E-state index in [4.69, 9.17) is 5.73 Å². The molecule has 1 aliphatic heterocycles. The number of anilines is 1. The number of piperidine rings is 1. The maximum atomic E-state index is 5.66. The number of hydrogen-bond donors (Lipinski definition) is 1. The second kappa shape index (κ2) is 4.67. The molecule has 0 bridgehead atoms. The molecule has 2 heteroatoms. The second-order valence-corrected chi connectivity index (χ2v) is 4.70. The maximum Gasteiger partial charge on any atom is 0.0314 e. The molecule has 1 aliphatic rings. The van der Waals surface area contributed by atoms with Gasteiger partial charge in [-0.25, -0.2) is 0 Å². The van der Waals surface area contributed by atoms with Crippen LogP contribution in [0, 0.1) is 5.92 Å². The minimum atomic E-state index is 0.853. The average Bonchev–Trinajstić information content (AvgIpc) is 2.25. The van der Waals surface area contributed by atoms with Crippen molar-refractivity contribution in [3.8, 4) is 0 Å². The van der Waals surface area contributed by atoms with E-state index < -0.39 is 0 Å². The molecule has 0 aliphatic carbocycles. The Labute approximate surface area is 92.1 Å². The van der Waals surface area contributed by atoms with Crippen molar-refractivity contribution in [2.24, 2.45) is 5.92 Å². The molecule has 0 aromatic heterocycles. The first kappa shape index (κ1) is 10.5. The molecule has 1 aromatic rings. The molecule has 0 spiro atoms. The summed E-state index contributed by atoms with van der Waals surface area (Å²) in [5, 5.41) is 0. The van der Waals surface area contributed by atoms with E-state index in [1.54, 1.807) is 0 Å². The van der Waals surface area contributed by atoms with Gasteiger partial charge in [-0.1, -0.05) is 19.1 Å². The van der Waals surface area contributed by atoms with Crippen LogP contribution in [-0.4, -0.2) is 18.0 Å². The first-order valence-electron chi connectivity index (χ1n) is 5.81. The van der Waals surface area contributed by atoms with E-state index in [9.17, 15) is 0 Å². The predicted octanol–water partition coefficient (Wildman–Crippen LogP) is 2.50. The fourth-order valence-electron chi connectivity index (χ4n) is 2.10. The largest absolute Gasteiger partial charge is 0.399 e. The Kier molecular flexibility index (Phi) is 3.27. The van der Waals surface area contributed by atoms with Gasteiger partial charge in [-0.15, -0.1) is 0 Å². The molecule has 1 heterocycles. The van der Waals surface area contributed by atoms with Crippen molar-refractivity contribution in [3.05, 3.63) is 29.8 Å². The van der Waals surface area contributed by atoms with E-state index in [-0.39, 0.29) is 0 Å². The molecule has 1 fully saturated rings. The van der Waals surface area contributed by atoms with Crippen LogP contribution in [0.1, 0.15) is 25.3 Å². The molecular formula is C13H20N2. The van der Waals surface area contributed by atoms with Gasteiger partial charge in [0.25, 0.3) is 0 Å². The van der Waals surface area contributed by atoms with Crippen LogP contribution in [0.4, 0.5) is 5.69 Å². The summed E-state index contributed by atoms with van der Waals surface area (Å²) in [5.41, 5.74) is 7.89. The molecule has 0 atom stereocenters. The highest BCUT2D eigenvalue weighted by Gasteiger charge is 2.15. The third-order valence-electron chi connectivity index (χ3n) is 3.26. The van der Waals surface area contributed by atoms with Gasteiger partial charge in [0, 0.05) is 12.2 Å². The first-order valence-corrected chi connectivity index (χ1v) is 5.81. The molecule has 1 aromatic carbocycles. The first-order chi connectivity index (χ1) is 7.24. The Bertz CT molecular complexity index is 297. The number of rotatable bonds is 2. The van der Waals surface area contributed by atoms with Gasteiger partial charge in [-0.05, 0) is 49.5 Å². The zero-order valence-electron chi connectivity index (χ0n) is 9.45. The van der Waals surface area contributed by atoms with E-state index in [0.717, 1.165) is 18.2 Å². The van der Waals surface area contributed by atoms with Crippen LogP contribution in [0.2, 0.25) is 0 Å². The number of nitrogens with two attached hydrogens (primary N) is 1. The highest BCUT2D eigenvalue weighted by molar-refractivity contribution is 5.39. The Balaban J connectivity index is 1.89. The molecule has 1 saturated heterocycles. The standard InChI is InChI=1S/C13H20N2/c1-11-6-8-15(9-7-11)10-12-2-4-13(14)5-3-12/h2-5,11H,6-10,14H2,1H3. The van der Waals surface area contributed by atoms with E-state index in [2.05, 4.69) is 24.0 Å². The van der Waals surface area contributed by atoms with Gasteiger partial charge in [-0.3, -0.25) is 4.90 Å². The van der Waals surface area contributed by atoms with E-state index in [1.165, 1.54) is 31.5 Å². The minimum absolute atomic E-state index is 0.853. The third kappa shape index (κ3) is 2.96. The van der Waals surface area contributed by atoms with Crippen LogP contribution in [0.25, 0.3) is 0 Å². The number of likely N-dealkylation sites (tertiary alicyclic amines) is 1. The summed E-state index contributed by atoms with van der Waals surface area (Å²) in [5.74, 6) is 0.910. The molecule has 0 unspecified atom stereocenters. The highest BCUT2D eigenvalue weighted by atomic mass is 15.1. The lowest BCUT2D eigenvalue weighted by atomic mass is 9.99. The smallest absolute Gasteiger partial charge is 0.0314 e. The van der Waals surface area contributed by atoms with Crippen LogP contribution in [0.15, 0.2) is 24.3 Å². The summed E-state index contributed by atoms with van der Waals surface area (Å²) in [6, 6.07) is 8.24. The molecule has 2 nitrogen and oxygen atoms in total. The van der Waals surface area contributed by atoms with Crippen molar-refractivity contribution in [2.75, 3.05) is 18.8 Å². The molecule has 82 valence electrons. The quantitative estimate of drug-likeness (QED) is 0.750. The van der Waals surface area contributed by atoms with Crippen LogP contribution in [0.5, 0.6) is 0 Å². The third-order valence-corrected chi connectivity index (χ3v) is 3.26. The van der Waals surface area contributed by atoms with Crippen molar-refractivity contribution in [2.45, 2.75) is 26.3 Å². The lowest BCUT2D eigenvalue weighted by Gasteiger charge is -2.30. The number of nitrogens with zero attached hydrogens (tertiary/aromatic N) is 1. The van der Waals surface area contributed by atoms with Gasteiger partial charge >= 0.3 is 0 Å². The minimum Gasteiger partial charge on any atom is -0.399 e. The summed E-state index contributed by atoms with van der Waals surface area (Å²) in [4.78, 5) is 2.53. The van der Waals surface area contributed by atoms with E-state index in [1.807, 2.05) is 12.1 Å². The highest BCUT2D eigenvalue weighted by Crippen LogP contribution is 2.18. The molecular weight excluding hydrogens is 184 g/mol. The Morgan fingerprint density at radius 2 is 1.80 bits per heavy atom. The lowest BCUT2D eigenvalue weighted by Crippen LogP contribution is -2.32. The Morgan fingerprint density at radius 3 is 2.40 bits per heavy atom. The molecule has 0 radical (unpaired) electrons. The summed E-state index contributed by atoms with van der Waals surface area (Å²) in [6.45, 7) is 5.91. The van der Waals surface area contributed by atoms with Gasteiger partial charge in [-0.2, -0.15) is 0 Å². The van der Waals surface area contributed by atoms with Gasteiger partial charge in [0.1, 0.15) is 0 Å². The number of nitrogen functional groups attached to an aromatic ring is 1. The van der Waals surface area contributed by atoms with Crippen LogP contribution in [-0.2, 0) is 6.54 Å². The maximum absolute atomic E-state index is 5.66. The topological polar surface area (TPSA) is 29.3 Å². The monoisotopic (exact) mass is 204 g/mol. The molecule has 15 heavy (non-hydrogen) atoms. The van der Waals surface area contributed by atoms with Gasteiger partial charge in [0.15, 0.2) is 0 Å². The van der Waals surface area contributed by atoms with Crippen molar-refractivity contribution in [1.29, 1.82) is 0 Å².